The van der Waals surface area contributed by atoms with E-state index in [9.17, 15) is 4.79 Å². The summed E-state index contributed by atoms with van der Waals surface area (Å²) in [5.74, 6) is -0.0690. The summed E-state index contributed by atoms with van der Waals surface area (Å²) in [5, 5.41) is 0. The van der Waals surface area contributed by atoms with Crippen molar-refractivity contribution in [2.24, 2.45) is 0 Å². The van der Waals surface area contributed by atoms with Crippen LogP contribution in [0.4, 0.5) is 0 Å². The van der Waals surface area contributed by atoms with Crippen LogP contribution in [0.5, 0.6) is 0 Å². The van der Waals surface area contributed by atoms with Gasteiger partial charge < -0.3 is 4.74 Å². The molecule has 4 heteroatoms. The van der Waals surface area contributed by atoms with Crippen LogP contribution >= 0.6 is 0 Å². The fraction of sp³-hybridized carbons (Fsp3) is 0.533. The summed E-state index contributed by atoms with van der Waals surface area (Å²) in [4.78, 5) is 23.4. The Kier molecular flexibility index (Phi) is 2.61. The van der Waals surface area contributed by atoms with E-state index < -0.39 is 11.2 Å². The van der Waals surface area contributed by atoms with E-state index in [1.165, 1.54) is 0 Å². The highest BCUT2D eigenvalue weighted by Gasteiger charge is 2.60. The number of rotatable bonds is 2. The molecule has 0 amide bonds. The van der Waals surface area contributed by atoms with Crippen molar-refractivity contribution in [2.45, 2.75) is 51.1 Å². The van der Waals surface area contributed by atoms with Gasteiger partial charge in [-0.1, -0.05) is 24.3 Å². The van der Waals surface area contributed by atoms with Crippen molar-refractivity contribution in [3.05, 3.63) is 35.4 Å². The summed E-state index contributed by atoms with van der Waals surface area (Å²) >= 11 is 0. The molecule has 0 saturated carbocycles. The highest BCUT2D eigenvalue weighted by molar-refractivity contribution is 5.96. The zero-order chi connectivity index (χ0) is 13.8. The number of benzene rings is 1. The number of epoxide rings is 1. The smallest absolute Gasteiger partial charge is 0.203 e. The molecule has 1 heterocycles. The van der Waals surface area contributed by atoms with Crippen LogP contribution in [-0.4, -0.2) is 17.5 Å². The van der Waals surface area contributed by atoms with E-state index >= 15 is 0 Å². The average Bonchev–Trinajstić information content (AvgIpc) is 3.13. The first-order valence-electron chi connectivity index (χ1n) is 6.49. The maximum absolute atomic E-state index is 12.4. The lowest BCUT2D eigenvalue weighted by atomic mass is 9.79. The third-order valence-corrected chi connectivity index (χ3v) is 3.46. The molecular weight excluding hydrogens is 244 g/mol. The number of ether oxygens (including phenoxy) is 1. The standard InChI is InChI=1S/C15H18O4/c1-14(2,3)18-19-15(4)10-8-6-5-7-9(10)11-12(17-11)13(15)16/h5-8,11-12H,1-4H3/t11-,12-,15-/m0/s1. The molecule has 2 aliphatic rings. The van der Waals surface area contributed by atoms with Gasteiger partial charge in [0.05, 0.1) is 5.60 Å². The van der Waals surface area contributed by atoms with E-state index in [4.69, 9.17) is 14.5 Å². The van der Waals surface area contributed by atoms with Crippen LogP contribution in [0.25, 0.3) is 0 Å². The molecule has 102 valence electrons. The number of hydrogen-bond donors (Lipinski definition) is 0. The molecule has 19 heavy (non-hydrogen) atoms. The van der Waals surface area contributed by atoms with Gasteiger partial charge in [-0.3, -0.25) is 4.79 Å². The second-order valence-electron chi connectivity index (χ2n) is 6.24. The fourth-order valence-electron chi connectivity index (χ4n) is 2.43. The van der Waals surface area contributed by atoms with Gasteiger partial charge in [-0.25, -0.2) is 9.78 Å². The zero-order valence-electron chi connectivity index (χ0n) is 11.6. The molecule has 1 aromatic carbocycles. The molecule has 1 fully saturated rings. The minimum atomic E-state index is -1.10. The lowest BCUT2D eigenvalue weighted by Gasteiger charge is -2.33. The number of ketones is 1. The molecule has 0 N–H and O–H groups in total. The Labute approximate surface area is 112 Å². The lowest BCUT2D eigenvalue weighted by molar-refractivity contribution is -0.395. The van der Waals surface area contributed by atoms with Crippen molar-refractivity contribution in [2.75, 3.05) is 0 Å². The van der Waals surface area contributed by atoms with Gasteiger partial charge >= 0.3 is 0 Å². The molecule has 0 bridgehead atoms. The summed E-state index contributed by atoms with van der Waals surface area (Å²) in [7, 11) is 0. The van der Waals surface area contributed by atoms with Crippen molar-refractivity contribution in [3.63, 3.8) is 0 Å². The Hall–Kier alpha value is -1.23. The molecule has 0 unspecified atom stereocenters. The van der Waals surface area contributed by atoms with Crippen LogP contribution in [0, 0.1) is 0 Å². The summed E-state index contributed by atoms with van der Waals surface area (Å²) in [6, 6.07) is 7.72. The van der Waals surface area contributed by atoms with Gasteiger partial charge in [0.2, 0.25) is 5.78 Å². The van der Waals surface area contributed by atoms with Crippen molar-refractivity contribution < 1.29 is 19.3 Å². The van der Waals surface area contributed by atoms with Crippen LogP contribution < -0.4 is 0 Å². The maximum atomic E-state index is 12.4. The van der Waals surface area contributed by atoms with Gasteiger partial charge in [0.15, 0.2) is 11.7 Å². The normalized spacial score (nSPS) is 32.7. The summed E-state index contributed by atoms with van der Waals surface area (Å²) in [5.41, 5.74) is 0.288. The Morgan fingerprint density at radius 2 is 1.89 bits per heavy atom. The van der Waals surface area contributed by atoms with Crippen molar-refractivity contribution in [3.8, 4) is 0 Å². The van der Waals surface area contributed by atoms with E-state index in [1.54, 1.807) is 6.92 Å². The molecule has 0 radical (unpaired) electrons. The molecule has 4 nitrogen and oxygen atoms in total. The number of hydrogen-bond acceptors (Lipinski definition) is 4. The molecule has 3 atom stereocenters. The third kappa shape index (κ3) is 2.00. The van der Waals surface area contributed by atoms with E-state index in [2.05, 4.69) is 0 Å². The maximum Gasteiger partial charge on any atom is 0.203 e. The Morgan fingerprint density at radius 3 is 2.58 bits per heavy atom. The Morgan fingerprint density at radius 1 is 1.21 bits per heavy atom. The predicted octanol–water partition coefficient (Wildman–Crippen LogP) is 2.67. The molecule has 3 rings (SSSR count). The summed E-state index contributed by atoms with van der Waals surface area (Å²) < 4.78 is 5.46. The minimum absolute atomic E-state index is 0.0690. The fourth-order valence-corrected chi connectivity index (χ4v) is 2.43. The monoisotopic (exact) mass is 262 g/mol. The van der Waals surface area contributed by atoms with Crippen LogP contribution in [0.3, 0.4) is 0 Å². The van der Waals surface area contributed by atoms with Crippen molar-refractivity contribution in [1.82, 2.24) is 0 Å². The largest absolute Gasteiger partial charge is 0.356 e. The van der Waals surface area contributed by atoms with E-state index in [-0.39, 0.29) is 18.0 Å². The zero-order valence-corrected chi connectivity index (χ0v) is 11.6. The van der Waals surface area contributed by atoms with E-state index in [1.807, 2.05) is 45.0 Å². The lowest BCUT2D eigenvalue weighted by Crippen LogP contribution is -2.43. The molecule has 0 spiro atoms. The first-order valence-corrected chi connectivity index (χ1v) is 6.49. The highest BCUT2D eigenvalue weighted by atomic mass is 17.2. The Balaban J connectivity index is 1.98. The topological polar surface area (TPSA) is 48.1 Å². The average molecular weight is 262 g/mol. The number of carbonyl (C=O) groups is 1. The molecule has 1 aliphatic heterocycles. The second kappa shape index (κ2) is 3.88. The predicted molar refractivity (Wildman–Crippen MR) is 68.3 cm³/mol. The van der Waals surface area contributed by atoms with Gasteiger partial charge in [0.25, 0.3) is 0 Å². The number of Topliss-reactive ketones (excluding diaryl/α,β-unsaturated/α-hetero) is 1. The SMILES string of the molecule is CC(C)(C)OO[C@]1(C)C(=O)[C@H]2O[C@H]2c2ccccc21. The quantitative estimate of drug-likeness (QED) is 0.467. The second-order valence-corrected chi connectivity index (χ2v) is 6.24. The molecule has 1 aromatic rings. The van der Waals surface area contributed by atoms with Gasteiger partial charge in [-0.05, 0) is 33.3 Å². The number of fused-ring (bicyclic) bond motifs is 3. The molecule has 0 aromatic heterocycles. The minimum Gasteiger partial charge on any atom is -0.356 e. The van der Waals surface area contributed by atoms with Crippen molar-refractivity contribution >= 4 is 5.78 Å². The van der Waals surface area contributed by atoms with Crippen LogP contribution in [0.1, 0.15) is 44.9 Å². The molecule has 1 saturated heterocycles. The first kappa shape index (κ1) is 12.8. The summed E-state index contributed by atoms with van der Waals surface area (Å²) in [6.45, 7) is 7.39. The van der Waals surface area contributed by atoms with Crippen LogP contribution in [0.2, 0.25) is 0 Å². The molecule has 1 aliphatic carbocycles. The van der Waals surface area contributed by atoms with Gasteiger partial charge in [-0.2, -0.15) is 0 Å². The molecular formula is C15H18O4. The van der Waals surface area contributed by atoms with Gasteiger partial charge in [-0.15, -0.1) is 0 Å². The van der Waals surface area contributed by atoms with Gasteiger partial charge in [0.1, 0.15) is 6.10 Å². The van der Waals surface area contributed by atoms with Crippen LogP contribution in [-0.2, 0) is 24.9 Å². The summed E-state index contributed by atoms with van der Waals surface area (Å²) in [6.07, 6.45) is -0.488. The van der Waals surface area contributed by atoms with E-state index in [0.717, 1.165) is 11.1 Å². The van der Waals surface area contributed by atoms with Gasteiger partial charge in [0, 0.05) is 5.56 Å². The van der Waals surface area contributed by atoms with E-state index in [0.29, 0.717) is 0 Å². The Bertz CT molecular complexity index is 531. The number of carbonyl (C=O) groups excluding carboxylic acids is 1. The third-order valence-electron chi connectivity index (χ3n) is 3.46. The van der Waals surface area contributed by atoms with Crippen LogP contribution in [0.15, 0.2) is 24.3 Å². The van der Waals surface area contributed by atoms with Crippen molar-refractivity contribution in [1.29, 1.82) is 0 Å². The first-order chi connectivity index (χ1) is 8.83. The highest BCUT2D eigenvalue weighted by Crippen LogP contribution is 2.52.